The van der Waals surface area contributed by atoms with Gasteiger partial charge in [-0.3, -0.25) is 0 Å². The molecule has 1 aromatic rings. The zero-order valence-electron chi connectivity index (χ0n) is 10.7. The fourth-order valence-corrected chi connectivity index (χ4v) is 1.89. The van der Waals surface area contributed by atoms with E-state index in [1.807, 2.05) is 12.1 Å². The Morgan fingerprint density at radius 2 is 2.22 bits per heavy atom. The molecule has 0 heterocycles. The van der Waals surface area contributed by atoms with Crippen LogP contribution in [0.2, 0.25) is 0 Å². The Morgan fingerprint density at radius 3 is 2.83 bits per heavy atom. The first-order valence-corrected chi connectivity index (χ1v) is 6.74. The SMILES string of the molecule is CC(C)CCCOc1cc(Br)ccc1/C(N)=N/O. The van der Waals surface area contributed by atoms with E-state index in [9.17, 15) is 0 Å². The molecule has 0 amide bonds. The first-order chi connectivity index (χ1) is 8.54. The van der Waals surface area contributed by atoms with Gasteiger partial charge in [-0.2, -0.15) is 0 Å². The number of rotatable bonds is 6. The molecular weight excluding hydrogens is 296 g/mol. The molecule has 0 radical (unpaired) electrons. The number of nitrogens with zero attached hydrogens (tertiary/aromatic N) is 1. The standard InChI is InChI=1S/C13H19BrN2O2/c1-9(2)4-3-7-18-12-8-10(14)5-6-11(12)13(15)16-17/h5-6,8-9,17H,3-4,7H2,1-2H3,(H2,15,16). The lowest BCUT2D eigenvalue weighted by Crippen LogP contribution is -2.15. The number of hydrogen-bond acceptors (Lipinski definition) is 3. The van der Waals surface area contributed by atoms with Crippen molar-refractivity contribution in [2.45, 2.75) is 26.7 Å². The van der Waals surface area contributed by atoms with Crippen molar-refractivity contribution in [3.05, 3.63) is 28.2 Å². The number of benzene rings is 1. The maximum atomic E-state index is 8.72. The second-order valence-corrected chi connectivity index (χ2v) is 5.43. The molecular formula is C13H19BrN2O2. The third-order valence-corrected chi connectivity index (χ3v) is 3.00. The van der Waals surface area contributed by atoms with E-state index >= 15 is 0 Å². The molecule has 5 heteroatoms. The summed E-state index contributed by atoms with van der Waals surface area (Å²) in [6.45, 7) is 4.99. The van der Waals surface area contributed by atoms with Gasteiger partial charge in [-0.15, -0.1) is 0 Å². The van der Waals surface area contributed by atoms with E-state index in [1.54, 1.807) is 6.07 Å². The maximum Gasteiger partial charge on any atom is 0.173 e. The van der Waals surface area contributed by atoms with Gasteiger partial charge in [0.05, 0.1) is 12.2 Å². The summed E-state index contributed by atoms with van der Waals surface area (Å²) in [4.78, 5) is 0. The molecule has 0 aliphatic heterocycles. The van der Waals surface area contributed by atoms with Crippen molar-refractivity contribution in [2.75, 3.05) is 6.61 Å². The highest BCUT2D eigenvalue weighted by molar-refractivity contribution is 9.10. The molecule has 100 valence electrons. The number of oxime groups is 1. The fourth-order valence-electron chi connectivity index (χ4n) is 1.55. The predicted octanol–water partition coefficient (Wildman–Crippen LogP) is 3.36. The molecule has 3 N–H and O–H groups in total. The molecule has 1 aromatic carbocycles. The Bertz CT molecular complexity index is 419. The number of ether oxygens (including phenoxy) is 1. The molecule has 0 unspecified atom stereocenters. The van der Waals surface area contributed by atoms with Crippen LogP contribution in [0.1, 0.15) is 32.3 Å². The lowest BCUT2D eigenvalue weighted by molar-refractivity contribution is 0.295. The van der Waals surface area contributed by atoms with Gasteiger partial charge in [0.2, 0.25) is 0 Å². The van der Waals surface area contributed by atoms with Gasteiger partial charge in [0.15, 0.2) is 5.84 Å². The van der Waals surface area contributed by atoms with Crippen LogP contribution in [0.15, 0.2) is 27.8 Å². The fraction of sp³-hybridized carbons (Fsp3) is 0.462. The van der Waals surface area contributed by atoms with E-state index in [1.165, 1.54) is 0 Å². The number of amidine groups is 1. The Labute approximate surface area is 116 Å². The van der Waals surface area contributed by atoms with Crippen LogP contribution >= 0.6 is 15.9 Å². The van der Waals surface area contributed by atoms with Crippen molar-refractivity contribution >= 4 is 21.8 Å². The second kappa shape index (κ2) is 7.26. The molecule has 0 saturated heterocycles. The van der Waals surface area contributed by atoms with Crippen LogP contribution in [0, 0.1) is 5.92 Å². The molecule has 1 rings (SSSR count). The van der Waals surface area contributed by atoms with Crippen LogP contribution in [0.3, 0.4) is 0 Å². The lowest BCUT2D eigenvalue weighted by atomic mass is 10.1. The van der Waals surface area contributed by atoms with Crippen molar-refractivity contribution in [3.63, 3.8) is 0 Å². The zero-order valence-corrected chi connectivity index (χ0v) is 12.3. The summed E-state index contributed by atoms with van der Waals surface area (Å²) in [6, 6.07) is 5.41. The number of nitrogens with two attached hydrogens (primary N) is 1. The Kier molecular flexibility index (Phi) is 5.98. The lowest BCUT2D eigenvalue weighted by Gasteiger charge is -2.11. The van der Waals surface area contributed by atoms with Gasteiger partial charge < -0.3 is 15.7 Å². The topological polar surface area (TPSA) is 67.8 Å². The first kappa shape index (κ1) is 14.8. The van der Waals surface area contributed by atoms with Crippen LogP contribution in [0.5, 0.6) is 5.75 Å². The molecule has 18 heavy (non-hydrogen) atoms. The zero-order chi connectivity index (χ0) is 13.5. The third kappa shape index (κ3) is 4.56. The monoisotopic (exact) mass is 314 g/mol. The largest absolute Gasteiger partial charge is 0.493 e. The van der Waals surface area contributed by atoms with E-state index < -0.39 is 0 Å². The summed E-state index contributed by atoms with van der Waals surface area (Å²) in [5, 5.41) is 11.7. The highest BCUT2D eigenvalue weighted by Crippen LogP contribution is 2.24. The van der Waals surface area contributed by atoms with E-state index in [4.69, 9.17) is 15.7 Å². The van der Waals surface area contributed by atoms with Gasteiger partial charge >= 0.3 is 0 Å². The number of halogens is 1. The molecule has 0 fully saturated rings. The molecule has 0 aromatic heterocycles. The maximum absolute atomic E-state index is 8.72. The van der Waals surface area contributed by atoms with E-state index in [0.717, 1.165) is 17.3 Å². The minimum Gasteiger partial charge on any atom is -0.493 e. The minimum atomic E-state index is 0.0568. The predicted molar refractivity (Wildman–Crippen MR) is 76.2 cm³/mol. The van der Waals surface area contributed by atoms with Crippen LogP contribution in [0.25, 0.3) is 0 Å². The average Bonchev–Trinajstić information content (AvgIpc) is 2.33. The van der Waals surface area contributed by atoms with Gasteiger partial charge in [0.1, 0.15) is 5.75 Å². The van der Waals surface area contributed by atoms with Crippen LogP contribution in [0.4, 0.5) is 0 Å². The van der Waals surface area contributed by atoms with Gasteiger partial charge in [-0.05, 0) is 37.0 Å². The summed E-state index contributed by atoms with van der Waals surface area (Å²) >= 11 is 3.38. The van der Waals surface area contributed by atoms with Gasteiger partial charge in [0.25, 0.3) is 0 Å². The van der Waals surface area contributed by atoms with Crippen molar-refractivity contribution in [1.29, 1.82) is 0 Å². The van der Waals surface area contributed by atoms with E-state index in [2.05, 4.69) is 34.9 Å². The molecule has 0 aliphatic carbocycles. The highest BCUT2D eigenvalue weighted by atomic mass is 79.9. The quantitative estimate of drug-likeness (QED) is 0.278. The van der Waals surface area contributed by atoms with Crippen molar-refractivity contribution in [2.24, 2.45) is 16.8 Å². The van der Waals surface area contributed by atoms with Gasteiger partial charge in [0, 0.05) is 4.47 Å². The third-order valence-electron chi connectivity index (χ3n) is 2.51. The average molecular weight is 315 g/mol. The Balaban J connectivity index is 2.71. The van der Waals surface area contributed by atoms with Crippen molar-refractivity contribution in [3.8, 4) is 5.75 Å². The molecule has 4 nitrogen and oxygen atoms in total. The van der Waals surface area contributed by atoms with Crippen molar-refractivity contribution in [1.82, 2.24) is 0 Å². The summed E-state index contributed by atoms with van der Waals surface area (Å²) in [5.74, 6) is 1.35. The second-order valence-electron chi connectivity index (χ2n) is 4.51. The first-order valence-electron chi connectivity index (χ1n) is 5.95. The minimum absolute atomic E-state index is 0.0568. The van der Waals surface area contributed by atoms with Gasteiger partial charge in [-0.1, -0.05) is 34.9 Å². The van der Waals surface area contributed by atoms with Crippen LogP contribution < -0.4 is 10.5 Å². The smallest absolute Gasteiger partial charge is 0.173 e. The van der Waals surface area contributed by atoms with E-state index in [-0.39, 0.29) is 5.84 Å². The summed E-state index contributed by atoms with van der Waals surface area (Å²) < 4.78 is 6.59. The highest BCUT2D eigenvalue weighted by Gasteiger charge is 2.09. The van der Waals surface area contributed by atoms with Gasteiger partial charge in [-0.25, -0.2) is 0 Å². The molecule has 0 aliphatic rings. The normalized spacial score (nSPS) is 11.9. The van der Waals surface area contributed by atoms with Crippen LogP contribution in [-0.2, 0) is 0 Å². The molecule has 0 atom stereocenters. The molecule has 0 saturated carbocycles. The Hall–Kier alpha value is -1.23. The summed E-state index contributed by atoms with van der Waals surface area (Å²) in [6.07, 6.45) is 2.10. The molecule has 0 bridgehead atoms. The Morgan fingerprint density at radius 1 is 1.50 bits per heavy atom. The summed E-state index contributed by atoms with van der Waals surface area (Å²) in [7, 11) is 0. The van der Waals surface area contributed by atoms with Crippen LogP contribution in [-0.4, -0.2) is 17.6 Å². The van der Waals surface area contributed by atoms with E-state index in [0.29, 0.717) is 23.8 Å². The van der Waals surface area contributed by atoms with Crippen molar-refractivity contribution < 1.29 is 9.94 Å². The molecule has 0 spiro atoms. The summed E-state index contributed by atoms with van der Waals surface area (Å²) in [5.41, 5.74) is 6.20. The number of hydrogen-bond donors (Lipinski definition) is 2.